The molecule has 0 atom stereocenters. The lowest BCUT2D eigenvalue weighted by molar-refractivity contribution is -0.384. The van der Waals surface area contributed by atoms with E-state index in [1.807, 2.05) is 0 Å². The number of nitro groups is 1. The van der Waals surface area contributed by atoms with Crippen molar-refractivity contribution >= 4 is 26.9 Å². The van der Waals surface area contributed by atoms with Crippen LogP contribution in [0.1, 0.15) is 19.8 Å². The number of hydrogen-bond donors (Lipinski definition) is 1. The van der Waals surface area contributed by atoms with Crippen LogP contribution in [0.4, 0.5) is 21.5 Å². The van der Waals surface area contributed by atoms with Crippen LogP contribution in [0.25, 0.3) is 0 Å². The molecule has 0 radical (unpaired) electrons. The summed E-state index contributed by atoms with van der Waals surface area (Å²) in [5, 5.41) is 14.4. The van der Waals surface area contributed by atoms with E-state index in [0.717, 1.165) is 11.8 Å². The number of halogens is 1. The van der Waals surface area contributed by atoms with Gasteiger partial charge in [0.2, 0.25) is 0 Å². The van der Waals surface area contributed by atoms with Crippen LogP contribution >= 0.6 is 0 Å². The third-order valence-corrected chi connectivity index (χ3v) is 7.01. The SMILES string of the molecule is CCS(=O)(=O)c1ccc(N2CCC(Nc3cc(OC)c(F)cc3[N+](=O)[O-])CC2)cc1. The lowest BCUT2D eigenvalue weighted by Gasteiger charge is -2.34. The molecule has 2 aromatic rings. The van der Waals surface area contributed by atoms with Crippen LogP contribution < -0.4 is 15.0 Å². The molecule has 1 heterocycles. The third kappa shape index (κ3) is 4.64. The van der Waals surface area contributed by atoms with Gasteiger partial charge < -0.3 is 15.0 Å². The first-order valence-corrected chi connectivity index (χ1v) is 11.3. The van der Waals surface area contributed by atoms with Gasteiger partial charge in [-0.3, -0.25) is 10.1 Å². The number of sulfone groups is 1. The van der Waals surface area contributed by atoms with Crippen LogP contribution in [0.15, 0.2) is 41.3 Å². The molecule has 1 aliphatic heterocycles. The third-order valence-electron chi connectivity index (χ3n) is 5.26. The topological polar surface area (TPSA) is 102 Å². The molecule has 0 amide bonds. The van der Waals surface area contributed by atoms with Gasteiger partial charge in [-0.05, 0) is 37.1 Å². The number of piperidine rings is 1. The Bertz CT molecular complexity index is 1020. The molecular formula is C20H24FN3O5S. The Balaban J connectivity index is 1.67. The molecule has 1 saturated heterocycles. The van der Waals surface area contributed by atoms with E-state index < -0.39 is 20.6 Å². The van der Waals surface area contributed by atoms with E-state index in [-0.39, 0.29) is 28.9 Å². The van der Waals surface area contributed by atoms with Crippen molar-refractivity contribution in [2.24, 2.45) is 0 Å². The summed E-state index contributed by atoms with van der Waals surface area (Å²) in [5.41, 5.74) is 0.826. The molecule has 1 N–H and O–H groups in total. The Kier molecular flexibility index (Phi) is 6.45. The summed E-state index contributed by atoms with van der Waals surface area (Å²) >= 11 is 0. The van der Waals surface area contributed by atoms with E-state index >= 15 is 0 Å². The van der Waals surface area contributed by atoms with E-state index in [0.29, 0.717) is 30.8 Å². The maximum absolute atomic E-state index is 13.8. The second kappa shape index (κ2) is 8.86. The Hall–Kier alpha value is -2.88. The highest BCUT2D eigenvalue weighted by molar-refractivity contribution is 7.91. The van der Waals surface area contributed by atoms with Crippen LogP contribution in [0.3, 0.4) is 0 Å². The Labute approximate surface area is 174 Å². The van der Waals surface area contributed by atoms with Gasteiger partial charge in [-0.2, -0.15) is 0 Å². The van der Waals surface area contributed by atoms with Gasteiger partial charge in [0.05, 0.1) is 28.7 Å². The molecule has 1 fully saturated rings. The van der Waals surface area contributed by atoms with E-state index in [1.54, 1.807) is 31.2 Å². The average Bonchev–Trinajstić information content (AvgIpc) is 2.75. The van der Waals surface area contributed by atoms with Crippen molar-refractivity contribution < 1.29 is 22.5 Å². The van der Waals surface area contributed by atoms with Crippen molar-refractivity contribution in [2.75, 3.05) is 36.2 Å². The van der Waals surface area contributed by atoms with Crippen molar-refractivity contribution in [1.82, 2.24) is 0 Å². The number of anilines is 2. The summed E-state index contributed by atoms with van der Waals surface area (Å²) < 4.78 is 42.7. The van der Waals surface area contributed by atoms with E-state index in [1.165, 1.54) is 13.2 Å². The molecule has 162 valence electrons. The first-order chi connectivity index (χ1) is 14.2. The number of methoxy groups -OCH3 is 1. The monoisotopic (exact) mass is 437 g/mol. The summed E-state index contributed by atoms with van der Waals surface area (Å²) in [5.74, 6) is -0.773. The molecule has 1 aliphatic rings. The molecule has 0 spiro atoms. The van der Waals surface area contributed by atoms with Crippen LogP contribution in [0.2, 0.25) is 0 Å². The second-order valence-electron chi connectivity index (χ2n) is 7.06. The first kappa shape index (κ1) is 21.8. The van der Waals surface area contributed by atoms with Crippen LogP contribution in [-0.2, 0) is 9.84 Å². The highest BCUT2D eigenvalue weighted by Crippen LogP contribution is 2.33. The maximum atomic E-state index is 13.8. The fraction of sp³-hybridized carbons (Fsp3) is 0.400. The molecule has 0 bridgehead atoms. The molecule has 8 nitrogen and oxygen atoms in total. The quantitative estimate of drug-likeness (QED) is 0.521. The lowest BCUT2D eigenvalue weighted by Crippen LogP contribution is -2.39. The molecule has 0 saturated carbocycles. The summed E-state index contributed by atoms with van der Waals surface area (Å²) in [7, 11) is -1.92. The number of nitro benzene ring substituents is 1. The Morgan fingerprint density at radius 3 is 2.40 bits per heavy atom. The Morgan fingerprint density at radius 1 is 1.23 bits per heavy atom. The molecule has 10 heteroatoms. The number of ether oxygens (including phenoxy) is 1. The number of nitrogens with zero attached hydrogens (tertiary/aromatic N) is 2. The van der Waals surface area contributed by atoms with Gasteiger partial charge in [-0.1, -0.05) is 6.92 Å². The summed E-state index contributed by atoms with van der Waals surface area (Å²) in [6, 6.07) is 8.99. The minimum absolute atomic E-state index is 0.0186. The smallest absolute Gasteiger partial charge is 0.295 e. The average molecular weight is 437 g/mol. The number of rotatable bonds is 7. The number of benzene rings is 2. The van der Waals surface area contributed by atoms with Crippen LogP contribution in [-0.4, -0.2) is 45.3 Å². The minimum Gasteiger partial charge on any atom is -0.494 e. The standard InChI is InChI=1S/C20H24FN3O5S/c1-3-30(27,28)16-6-4-15(5-7-16)23-10-8-14(9-11-23)22-18-13-20(29-2)17(21)12-19(18)24(25)26/h4-7,12-14,22H,3,8-11H2,1-2H3. The van der Waals surface area contributed by atoms with Gasteiger partial charge in [0.1, 0.15) is 5.69 Å². The molecule has 0 aliphatic carbocycles. The van der Waals surface area contributed by atoms with Gasteiger partial charge >= 0.3 is 0 Å². The van der Waals surface area contributed by atoms with Crippen molar-refractivity contribution in [3.8, 4) is 5.75 Å². The van der Waals surface area contributed by atoms with Crippen molar-refractivity contribution in [3.63, 3.8) is 0 Å². The second-order valence-corrected chi connectivity index (χ2v) is 9.34. The van der Waals surface area contributed by atoms with Gasteiger partial charge in [-0.15, -0.1) is 0 Å². The highest BCUT2D eigenvalue weighted by atomic mass is 32.2. The van der Waals surface area contributed by atoms with E-state index in [2.05, 4.69) is 10.2 Å². The van der Waals surface area contributed by atoms with Crippen molar-refractivity contribution in [2.45, 2.75) is 30.7 Å². The zero-order valence-corrected chi connectivity index (χ0v) is 17.6. The zero-order valence-electron chi connectivity index (χ0n) is 16.8. The zero-order chi connectivity index (χ0) is 21.9. The number of hydrogen-bond acceptors (Lipinski definition) is 7. The predicted molar refractivity (Wildman–Crippen MR) is 113 cm³/mol. The molecule has 3 rings (SSSR count). The van der Waals surface area contributed by atoms with Gasteiger partial charge in [0.25, 0.3) is 5.69 Å². The van der Waals surface area contributed by atoms with Gasteiger partial charge in [0.15, 0.2) is 21.4 Å². The highest BCUT2D eigenvalue weighted by Gasteiger charge is 2.25. The summed E-state index contributed by atoms with van der Waals surface area (Å²) in [6.45, 7) is 3.01. The molecule has 0 aromatic heterocycles. The summed E-state index contributed by atoms with van der Waals surface area (Å²) in [4.78, 5) is 13.1. The normalized spacial score (nSPS) is 15.1. The number of nitrogens with one attached hydrogen (secondary N) is 1. The maximum Gasteiger partial charge on any atom is 0.295 e. The fourth-order valence-corrected chi connectivity index (χ4v) is 4.38. The molecule has 0 unspecified atom stereocenters. The summed E-state index contributed by atoms with van der Waals surface area (Å²) in [6.07, 6.45) is 1.43. The van der Waals surface area contributed by atoms with Gasteiger partial charge in [-0.25, -0.2) is 12.8 Å². The van der Waals surface area contributed by atoms with E-state index in [9.17, 15) is 22.9 Å². The fourth-order valence-electron chi connectivity index (χ4n) is 3.50. The van der Waals surface area contributed by atoms with E-state index in [4.69, 9.17) is 4.74 Å². The van der Waals surface area contributed by atoms with Crippen LogP contribution in [0.5, 0.6) is 5.75 Å². The minimum atomic E-state index is -3.23. The van der Waals surface area contributed by atoms with Crippen molar-refractivity contribution in [3.05, 3.63) is 52.3 Å². The van der Waals surface area contributed by atoms with Crippen molar-refractivity contribution in [1.29, 1.82) is 0 Å². The molecule has 2 aromatic carbocycles. The molecular weight excluding hydrogens is 413 g/mol. The lowest BCUT2D eigenvalue weighted by atomic mass is 10.0. The first-order valence-electron chi connectivity index (χ1n) is 9.61. The Morgan fingerprint density at radius 2 is 1.87 bits per heavy atom. The predicted octanol–water partition coefficient (Wildman–Crippen LogP) is 3.62. The largest absolute Gasteiger partial charge is 0.494 e. The van der Waals surface area contributed by atoms with Gasteiger partial charge in [0, 0.05) is 30.9 Å². The molecule has 30 heavy (non-hydrogen) atoms. The van der Waals surface area contributed by atoms with Crippen LogP contribution in [0, 0.1) is 15.9 Å².